The summed E-state index contributed by atoms with van der Waals surface area (Å²) in [5, 5.41) is 0. The molecule has 1 aromatic rings. The molecule has 4 heteroatoms. The summed E-state index contributed by atoms with van der Waals surface area (Å²) in [6.45, 7) is 3.72. The van der Waals surface area contributed by atoms with Gasteiger partial charge in [-0.3, -0.25) is 4.79 Å². The van der Waals surface area contributed by atoms with E-state index >= 15 is 0 Å². The van der Waals surface area contributed by atoms with Crippen LogP contribution in [0.3, 0.4) is 0 Å². The van der Waals surface area contributed by atoms with Crippen molar-refractivity contribution in [2.75, 3.05) is 33.2 Å². The fraction of sp³-hybridized carbons (Fsp3) is 0.500. The van der Waals surface area contributed by atoms with E-state index < -0.39 is 0 Å². The van der Waals surface area contributed by atoms with Crippen LogP contribution in [0, 0.1) is 0 Å². The maximum absolute atomic E-state index is 12.0. The molecule has 18 heavy (non-hydrogen) atoms. The number of halogens is 1. The van der Waals surface area contributed by atoms with Gasteiger partial charge in [0.2, 0.25) is 5.91 Å². The predicted octanol–water partition coefficient (Wildman–Crippen LogP) is 2.16. The van der Waals surface area contributed by atoms with Gasteiger partial charge in [0, 0.05) is 37.1 Å². The van der Waals surface area contributed by atoms with Crippen molar-refractivity contribution in [2.45, 2.75) is 12.8 Å². The molecule has 1 amide bonds. The smallest absolute Gasteiger partial charge is 0.222 e. The fourth-order valence-electron chi connectivity index (χ4n) is 2.12. The van der Waals surface area contributed by atoms with Crippen molar-refractivity contribution in [3.63, 3.8) is 0 Å². The molecule has 0 aliphatic carbocycles. The van der Waals surface area contributed by atoms with Crippen LogP contribution in [0.15, 0.2) is 28.7 Å². The van der Waals surface area contributed by atoms with Gasteiger partial charge >= 0.3 is 0 Å². The molecule has 3 nitrogen and oxygen atoms in total. The molecule has 0 radical (unpaired) electrons. The number of amides is 1. The normalized spacial score (nSPS) is 16.9. The molecule has 1 aromatic carbocycles. The Morgan fingerprint density at radius 1 is 1.17 bits per heavy atom. The monoisotopic (exact) mass is 310 g/mol. The van der Waals surface area contributed by atoms with E-state index in [1.54, 1.807) is 0 Å². The van der Waals surface area contributed by atoms with Crippen LogP contribution in [0.5, 0.6) is 0 Å². The minimum atomic E-state index is 0.283. The Hall–Kier alpha value is -0.870. The SMILES string of the molecule is CN1CCN(C(=O)CCc2ccc(Br)cc2)CC1. The first-order chi connectivity index (χ1) is 8.65. The second-order valence-electron chi connectivity index (χ2n) is 4.81. The zero-order valence-electron chi connectivity index (χ0n) is 10.7. The van der Waals surface area contributed by atoms with Crippen molar-refractivity contribution in [3.05, 3.63) is 34.3 Å². The summed E-state index contributed by atoms with van der Waals surface area (Å²) in [6.07, 6.45) is 1.45. The Balaban J connectivity index is 1.79. The number of nitrogens with zero attached hydrogens (tertiary/aromatic N) is 2. The molecule has 0 bridgehead atoms. The molecule has 1 aliphatic rings. The highest BCUT2D eigenvalue weighted by molar-refractivity contribution is 9.10. The van der Waals surface area contributed by atoms with Gasteiger partial charge in [0.05, 0.1) is 0 Å². The fourth-order valence-corrected chi connectivity index (χ4v) is 2.38. The highest BCUT2D eigenvalue weighted by Crippen LogP contribution is 2.12. The number of hydrogen-bond acceptors (Lipinski definition) is 2. The van der Waals surface area contributed by atoms with E-state index in [1.165, 1.54) is 5.56 Å². The number of likely N-dealkylation sites (N-methyl/N-ethyl adjacent to an activating group) is 1. The first-order valence-electron chi connectivity index (χ1n) is 6.36. The summed E-state index contributed by atoms with van der Waals surface area (Å²) in [4.78, 5) is 16.3. The lowest BCUT2D eigenvalue weighted by Gasteiger charge is -2.32. The van der Waals surface area contributed by atoms with Crippen LogP contribution >= 0.6 is 15.9 Å². The highest BCUT2D eigenvalue weighted by atomic mass is 79.9. The quantitative estimate of drug-likeness (QED) is 0.854. The number of benzene rings is 1. The van der Waals surface area contributed by atoms with Crippen LogP contribution in [0.25, 0.3) is 0 Å². The van der Waals surface area contributed by atoms with Crippen molar-refractivity contribution in [2.24, 2.45) is 0 Å². The Morgan fingerprint density at radius 2 is 1.78 bits per heavy atom. The Labute approximate surface area is 117 Å². The topological polar surface area (TPSA) is 23.6 Å². The van der Waals surface area contributed by atoms with E-state index in [-0.39, 0.29) is 5.91 Å². The molecule has 0 N–H and O–H groups in total. The number of piperazine rings is 1. The first kappa shape index (κ1) is 13.6. The van der Waals surface area contributed by atoms with Gasteiger partial charge in [-0.15, -0.1) is 0 Å². The molecule has 0 atom stereocenters. The van der Waals surface area contributed by atoms with E-state index in [2.05, 4.69) is 40.0 Å². The second-order valence-corrected chi connectivity index (χ2v) is 5.73. The summed E-state index contributed by atoms with van der Waals surface area (Å²) < 4.78 is 1.08. The summed E-state index contributed by atoms with van der Waals surface area (Å²) in [6, 6.07) is 8.19. The second kappa shape index (κ2) is 6.34. The van der Waals surface area contributed by atoms with Crippen LogP contribution < -0.4 is 0 Å². The molecule has 0 unspecified atom stereocenters. The summed E-state index contributed by atoms with van der Waals surface area (Å²) in [5.41, 5.74) is 1.22. The molecule has 0 saturated carbocycles. The molecule has 0 spiro atoms. The number of rotatable bonds is 3. The number of carbonyl (C=O) groups excluding carboxylic acids is 1. The maximum Gasteiger partial charge on any atom is 0.222 e. The molecular formula is C14H19BrN2O. The van der Waals surface area contributed by atoms with Crippen molar-refractivity contribution in [3.8, 4) is 0 Å². The standard InChI is InChI=1S/C14H19BrN2O/c1-16-8-10-17(11-9-16)14(18)7-4-12-2-5-13(15)6-3-12/h2-3,5-6H,4,7-11H2,1H3. The van der Waals surface area contributed by atoms with Gasteiger partial charge in [-0.2, -0.15) is 0 Å². The van der Waals surface area contributed by atoms with Gasteiger partial charge in [-0.05, 0) is 31.2 Å². The van der Waals surface area contributed by atoms with E-state index in [1.807, 2.05) is 17.0 Å². The van der Waals surface area contributed by atoms with Crippen molar-refractivity contribution < 1.29 is 4.79 Å². The van der Waals surface area contributed by atoms with Gasteiger partial charge < -0.3 is 9.80 Å². The lowest BCUT2D eigenvalue weighted by atomic mass is 10.1. The minimum Gasteiger partial charge on any atom is -0.340 e. The van der Waals surface area contributed by atoms with Gasteiger partial charge in [0.15, 0.2) is 0 Å². The molecule has 1 fully saturated rings. The minimum absolute atomic E-state index is 0.283. The lowest BCUT2D eigenvalue weighted by molar-refractivity contribution is -0.132. The number of hydrogen-bond donors (Lipinski definition) is 0. The highest BCUT2D eigenvalue weighted by Gasteiger charge is 2.18. The van der Waals surface area contributed by atoms with Crippen molar-refractivity contribution in [1.82, 2.24) is 9.80 Å². The zero-order chi connectivity index (χ0) is 13.0. The van der Waals surface area contributed by atoms with Crippen LogP contribution in [0.2, 0.25) is 0 Å². The summed E-state index contributed by atoms with van der Waals surface area (Å²) in [7, 11) is 2.10. The number of aryl methyl sites for hydroxylation is 1. The molecule has 1 heterocycles. The maximum atomic E-state index is 12.0. The molecule has 2 rings (SSSR count). The van der Waals surface area contributed by atoms with E-state index in [4.69, 9.17) is 0 Å². The lowest BCUT2D eigenvalue weighted by Crippen LogP contribution is -2.47. The van der Waals surface area contributed by atoms with Crippen LogP contribution in [-0.4, -0.2) is 48.9 Å². The van der Waals surface area contributed by atoms with Crippen LogP contribution in [0.1, 0.15) is 12.0 Å². The molecule has 1 saturated heterocycles. The zero-order valence-corrected chi connectivity index (χ0v) is 12.3. The van der Waals surface area contributed by atoms with E-state index in [0.29, 0.717) is 6.42 Å². The number of carbonyl (C=O) groups is 1. The Morgan fingerprint density at radius 3 is 2.39 bits per heavy atom. The largest absolute Gasteiger partial charge is 0.340 e. The van der Waals surface area contributed by atoms with E-state index in [9.17, 15) is 4.79 Å². The third-order valence-corrected chi connectivity index (χ3v) is 3.93. The molecule has 98 valence electrons. The predicted molar refractivity (Wildman–Crippen MR) is 76.5 cm³/mol. The Kier molecular flexibility index (Phi) is 4.78. The molecule has 0 aromatic heterocycles. The molecular weight excluding hydrogens is 292 g/mol. The van der Waals surface area contributed by atoms with Gasteiger partial charge in [0.25, 0.3) is 0 Å². The van der Waals surface area contributed by atoms with Gasteiger partial charge in [-0.1, -0.05) is 28.1 Å². The average molecular weight is 311 g/mol. The third-order valence-electron chi connectivity index (χ3n) is 3.40. The van der Waals surface area contributed by atoms with E-state index in [0.717, 1.165) is 37.1 Å². The van der Waals surface area contributed by atoms with Crippen molar-refractivity contribution in [1.29, 1.82) is 0 Å². The van der Waals surface area contributed by atoms with Crippen molar-refractivity contribution >= 4 is 21.8 Å². The first-order valence-corrected chi connectivity index (χ1v) is 7.15. The van der Waals surface area contributed by atoms with Crippen LogP contribution in [0.4, 0.5) is 0 Å². The average Bonchev–Trinajstić information content (AvgIpc) is 2.38. The van der Waals surface area contributed by atoms with Crippen LogP contribution in [-0.2, 0) is 11.2 Å². The molecule has 1 aliphatic heterocycles. The van der Waals surface area contributed by atoms with Gasteiger partial charge in [0.1, 0.15) is 0 Å². The summed E-state index contributed by atoms with van der Waals surface area (Å²) >= 11 is 3.41. The Bertz CT molecular complexity index is 397. The summed E-state index contributed by atoms with van der Waals surface area (Å²) in [5.74, 6) is 0.283. The van der Waals surface area contributed by atoms with Gasteiger partial charge in [-0.25, -0.2) is 0 Å². The third kappa shape index (κ3) is 3.82.